The van der Waals surface area contributed by atoms with Crippen LogP contribution in [-0.2, 0) is 6.61 Å². The summed E-state index contributed by atoms with van der Waals surface area (Å²) in [6, 6.07) is 16.0. The second-order valence-corrected chi connectivity index (χ2v) is 11.2. The molecule has 0 unspecified atom stereocenters. The molecule has 1 amide bonds. The van der Waals surface area contributed by atoms with Crippen molar-refractivity contribution in [2.24, 2.45) is 0 Å². The van der Waals surface area contributed by atoms with Gasteiger partial charge in [-0.25, -0.2) is 4.68 Å². The average Bonchev–Trinajstić information content (AvgIpc) is 3.31. The van der Waals surface area contributed by atoms with Crippen LogP contribution in [0.1, 0.15) is 36.8 Å². The van der Waals surface area contributed by atoms with Gasteiger partial charge in [-0.3, -0.25) is 4.79 Å². The average molecular weight is 577 g/mol. The quantitative estimate of drug-likeness (QED) is 0.234. The number of methoxy groups -OCH3 is 1. The third-order valence-corrected chi connectivity index (χ3v) is 7.28. The SMILES string of the molecule is COc1cc2c(cc1-c1ccc(OC#N)cc1)-c1c(c(C(=O)N(C)C(C)(C)C)nn1-c1cc(Cl)cc(Cl)c1)CO2. The van der Waals surface area contributed by atoms with E-state index < -0.39 is 5.54 Å². The van der Waals surface area contributed by atoms with Crippen molar-refractivity contribution >= 4 is 29.1 Å². The lowest BCUT2D eigenvalue weighted by Crippen LogP contribution is -2.43. The zero-order chi connectivity index (χ0) is 28.8. The molecule has 1 aromatic heterocycles. The van der Waals surface area contributed by atoms with E-state index in [0.29, 0.717) is 44.2 Å². The minimum atomic E-state index is -0.428. The molecule has 40 heavy (non-hydrogen) atoms. The zero-order valence-electron chi connectivity index (χ0n) is 22.6. The highest BCUT2D eigenvalue weighted by atomic mass is 35.5. The van der Waals surface area contributed by atoms with Gasteiger partial charge in [0, 0.05) is 45.4 Å². The molecule has 0 N–H and O–H groups in total. The van der Waals surface area contributed by atoms with Gasteiger partial charge in [-0.15, -0.1) is 5.26 Å². The van der Waals surface area contributed by atoms with Gasteiger partial charge in [0.05, 0.1) is 18.5 Å². The number of hydrogen-bond donors (Lipinski definition) is 0. The van der Waals surface area contributed by atoms with E-state index in [4.69, 9.17) is 47.8 Å². The van der Waals surface area contributed by atoms with Crippen LogP contribution in [0.3, 0.4) is 0 Å². The first-order valence-electron chi connectivity index (χ1n) is 12.4. The molecule has 0 saturated heterocycles. The largest absolute Gasteiger partial charge is 0.496 e. The molecule has 0 saturated carbocycles. The second kappa shape index (κ2) is 10.4. The topological polar surface area (TPSA) is 89.6 Å². The van der Waals surface area contributed by atoms with Crippen LogP contribution in [0, 0.1) is 11.5 Å². The summed E-state index contributed by atoms with van der Waals surface area (Å²) in [5, 5.41) is 14.5. The minimum absolute atomic E-state index is 0.137. The lowest BCUT2D eigenvalue weighted by Gasteiger charge is -2.31. The van der Waals surface area contributed by atoms with Crippen LogP contribution in [0.4, 0.5) is 0 Å². The number of halogens is 2. The van der Waals surface area contributed by atoms with Crippen LogP contribution in [-0.4, -0.2) is 40.3 Å². The number of aromatic nitrogens is 2. The number of carbonyl (C=O) groups is 1. The van der Waals surface area contributed by atoms with Crippen LogP contribution in [0.25, 0.3) is 28.1 Å². The number of carbonyl (C=O) groups excluding carboxylic acids is 1. The summed E-state index contributed by atoms with van der Waals surface area (Å²) >= 11 is 12.7. The maximum atomic E-state index is 13.7. The number of nitriles is 1. The van der Waals surface area contributed by atoms with Gasteiger partial charge < -0.3 is 19.1 Å². The second-order valence-electron chi connectivity index (χ2n) is 10.3. The van der Waals surface area contributed by atoms with Crippen molar-refractivity contribution in [1.82, 2.24) is 14.7 Å². The Morgan fingerprint density at radius 3 is 2.35 bits per heavy atom. The van der Waals surface area contributed by atoms with Gasteiger partial charge in [-0.05, 0) is 62.7 Å². The van der Waals surface area contributed by atoms with E-state index in [-0.39, 0.29) is 18.2 Å². The smallest absolute Gasteiger partial charge is 0.292 e. The van der Waals surface area contributed by atoms with E-state index in [1.165, 1.54) is 0 Å². The fraction of sp³-hybridized carbons (Fsp3) is 0.233. The van der Waals surface area contributed by atoms with Crippen molar-refractivity contribution in [2.45, 2.75) is 32.9 Å². The third-order valence-electron chi connectivity index (χ3n) is 6.85. The number of ether oxygens (including phenoxy) is 3. The van der Waals surface area contributed by atoms with Crippen molar-refractivity contribution in [1.29, 1.82) is 5.26 Å². The Bertz CT molecular complexity index is 1650. The molecule has 2 heterocycles. The molecule has 0 aliphatic carbocycles. The van der Waals surface area contributed by atoms with Crippen LogP contribution in [0.5, 0.6) is 17.2 Å². The number of benzene rings is 3. The Balaban J connectivity index is 1.76. The fourth-order valence-electron chi connectivity index (χ4n) is 4.51. The van der Waals surface area contributed by atoms with Gasteiger partial charge in [-0.2, -0.15) is 5.10 Å². The molecular formula is C30H26Cl2N4O4. The van der Waals surface area contributed by atoms with Crippen LogP contribution >= 0.6 is 23.2 Å². The zero-order valence-corrected chi connectivity index (χ0v) is 24.1. The molecule has 1 aliphatic rings. The summed E-state index contributed by atoms with van der Waals surface area (Å²) in [5.74, 6) is 1.37. The summed E-state index contributed by atoms with van der Waals surface area (Å²) in [4.78, 5) is 15.4. The molecule has 0 radical (unpaired) electrons. The molecule has 3 aromatic carbocycles. The predicted octanol–water partition coefficient (Wildman–Crippen LogP) is 7.14. The lowest BCUT2D eigenvalue weighted by molar-refractivity contribution is 0.0646. The molecule has 204 valence electrons. The summed E-state index contributed by atoms with van der Waals surface area (Å²) in [7, 11) is 3.34. The minimum Gasteiger partial charge on any atom is -0.496 e. The van der Waals surface area contributed by atoms with Crippen LogP contribution in [0.15, 0.2) is 54.6 Å². The highest BCUT2D eigenvalue weighted by Crippen LogP contribution is 2.46. The summed E-state index contributed by atoms with van der Waals surface area (Å²) in [5.41, 5.74) is 4.13. The Morgan fingerprint density at radius 2 is 1.75 bits per heavy atom. The van der Waals surface area contributed by atoms with Crippen LogP contribution < -0.4 is 14.2 Å². The summed E-state index contributed by atoms with van der Waals surface area (Å²) < 4.78 is 18.5. The molecule has 1 aliphatic heterocycles. The number of hydrogen-bond acceptors (Lipinski definition) is 6. The maximum Gasteiger partial charge on any atom is 0.292 e. The molecule has 10 heteroatoms. The van der Waals surface area contributed by atoms with Gasteiger partial charge in [0.15, 0.2) is 5.69 Å². The normalized spacial score (nSPS) is 12.1. The first kappa shape index (κ1) is 27.4. The van der Waals surface area contributed by atoms with Gasteiger partial charge in [0.25, 0.3) is 12.2 Å². The van der Waals surface area contributed by atoms with E-state index in [1.54, 1.807) is 60.3 Å². The third kappa shape index (κ3) is 4.94. The molecule has 0 spiro atoms. The molecule has 8 nitrogen and oxygen atoms in total. The van der Waals surface area contributed by atoms with Crippen molar-refractivity contribution in [3.8, 4) is 51.6 Å². The van der Waals surface area contributed by atoms with Crippen molar-refractivity contribution < 1.29 is 19.0 Å². The Labute approximate surface area is 242 Å². The van der Waals surface area contributed by atoms with Gasteiger partial charge in [0.1, 0.15) is 23.9 Å². The van der Waals surface area contributed by atoms with E-state index in [0.717, 1.165) is 16.7 Å². The summed E-state index contributed by atoms with van der Waals surface area (Å²) in [6.07, 6.45) is 1.68. The van der Waals surface area contributed by atoms with E-state index in [9.17, 15) is 4.79 Å². The highest BCUT2D eigenvalue weighted by Gasteiger charge is 2.34. The lowest BCUT2D eigenvalue weighted by atomic mass is 9.95. The standard InChI is InChI=1S/C30H26Cl2N4O4/c1-30(2,3)35(4)29(37)27-24-15-39-26-14-25(38-5)22(17-6-8-21(9-7-17)40-16-33)13-23(26)28(24)36(34-27)20-11-18(31)10-19(32)12-20/h6-14H,15H2,1-5H3. The van der Waals surface area contributed by atoms with Gasteiger partial charge in [-0.1, -0.05) is 35.3 Å². The van der Waals surface area contributed by atoms with Gasteiger partial charge in [0.2, 0.25) is 0 Å². The molecular weight excluding hydrogens is 551 g/mol. The number of fused-ring (bicyclic) bond motifs is 3. The Kier molecular flexibility index (Phi) is 7.13. The Morgan fingerprint density at radius 1 is 1.07 bits per heavy atom. The molecule has 0 bridgehead atoms. The molecule has 0 fully saturated rings. The monoisotopic (exact) mass is 576 g/mol. The van der Waals surface area contributed by atoms with Crippen molar-refractivity contribution in [3.63, 3.8) is 0 Å². The number of rotatable bonds is 5. The maximum absolute atomic E-state index is 13.7. The van der Waals surface area contributed by atoms with E-state index >= 15 is 0 Å². The fourth-order valence-corrected chi connectivity index (χ4v) is 5.03. The Hall–Kier alpha value is -4.19. The number of nitrogens with zero attached hydrogens (tertiary/aromatic N) is 4. The predicted molar refractivity (Wildman–Crippen MR) is 153 cm³/mol. The van der Waals surface area contributed by atoms with Gasteiger partial charge >= 0.3 is 0 Å². The van der Waals surface area contributed by atoms with E-state index in [1.807, 2.05) is 45.0 Å². The number of amides is 1. The van der Waals surface area contributed by atoms with Crippen LogP contribution in [0.2, 0.25) is 10.0 Å². The molecule has 0 atom stereocenters. The summed E-state index contributed by atoms with van der Waals surface area (Å²) in [6.45, 7) is 6.02. The van der Waals surface area contributed by atoms with Crippen molar-refractivity contribution in [2.75, 3.05) is 14.2 Å². The first-order valence-corrected chi connectivity index (χ1v) is 13.2. The van der Waals surface area contributed by atoms with E-state index in [2.05, 4.69) is 0 Å². The van der Waals surface area contributed by atoms with Crippen molar-refractivity contribution in [3.05, 3.63) is 75.9 Å². The highest BCUT2D eigenvalue weighted by molar-refractivity contribution is 6.34. The molecule has 4 aromatic rings. The first-order chi connectivity index (χ1) is 19.0. The molecule has 5 rings (SSSR count).